The smallest absolute Gasteiger partial charge is 0.315 e. The summed E-state index contributed by atoms with van der Waals surface area (Å²) in [5.41, 5.74) is 3.22. The zero-order valence-corrected chi connectivity index (χ0v) is 14.9. The van der Waals surface area contributed by atoms with Crippen LogP contribution >= 0.6 is 0 Å². The van der Waals surface area contributed by atoms with Crippen molar-refractivity contribution in [3.05, 3.63) is 29.6 Å². The third-order valence-electron chi connectivity index (χ3n) is 4.84. The number of hydrogen-bond acceptors (Lipinski definition) is 2. The Bertz CT molecular complexity index is 713. The number of nitrogens with one attached hydrogen (secondary N) is 2. The summed E-state index contributed by atoms with van der Waals surface area (Å²) in [6, 6.07) is 6.91. The van der Waals surface area contributed by atoms with Crippen LogP contribution in [0.15, 0.2) is 18.2 Å². The SMILES string of the molecule is Cc1nc2cc(CNC(=O)NC3CCCCC3)ccc2n1C(C)C. The van der Waals surface area contributed by atoms with Crippen LogP contribution in [0.25, 0.3) is 11.0 Å². The molecule has 3 rings (SSSR count). The third kappa shape index (κ3) is 3.71. The molecule has 0 bridgehead atoms. The Labute approximate surface area is 143 Å². The van der Waals surface area contributed by atoms with Crippen molar-refractivity contribution >= 4 is 17.1 Å². The van der Waals surface area contributed by atoms with Crippen molar-refractivity contribution in [1.29, 1.82) is 0 Å². The number of nitrogens with zero attached hydrogens (tertiary/aromatic N) is 2. The molecule has 0 spiro atoms. The van der Waals surface area contributed by atoms with Gasteiger partial charge in [-0.15, -0.1) is 0 Å². The lowest BCUT2D eigenvalue weighted by molar-refractivity contribution is 0.232. The second-order valence-electron chi connectivity index (χ2n) is 7.11. The molecule has 1 aromatic carbocycles. The number of amides is 2. The van der Waals surface area contributed by atoms with E-state index < -0.39 is 0 Å². The molecular formula is C19H28N4O. The number of aryl methyl sites for hydroxylation is 1. The summed E-state index contributed by atoms with van der Waals surface area (Å²) in [5.74, 6) is 1.03. The summed E-state index contributed by atoms with van der Waals surface area (Å²) in [7, 11) is 0. The molecule has 1 aromatic heterocycles. The van der Waals surface area contributed by atoms with E-state index in [1.807, 2.05) is 6.92 Å². The van der Waals surface area contributed by atoms with E-state index in [1.54, 1.807) is 0 Å². The number of fused-ring (bicyclic) bond motifs is 1. The average Bonchev–Trinajstić information content (AvgIpc) is 2.89. The predicted octanol–water partition coefficient (Wildman–Crippen LogP) is 4.06. The maximum Gasteiger partial charge on any atom is 0.315 e. The summed E-state index contributed by atoms with van der Waals surface area (Å²) in [6.07, 6.45) is 5.94. The van der Waals surface area contributed by atoms with Crippen LogP contribution in [0.1, 0.15) is 63.4 Å². The van der Waals surface area contributed by atoms with E-state index in [9.17, 15) is 4.79 Å². The molecule has 2 aromatic rings. The molecule has 1 aliphatic rings. The van der Waals surface area contributed by atoms with Crippen LogP contribution < -0.4 is 10.6 Å². The van der Waals surface area contributed by atoms with Gasteiger partial charge in [-0.05, 0) is 51.3 Å². The highest BCUT2D eigenvalue weighted by Crippen LogP contribution is 2.22. The van der Waals surface area contributed by atoms with E-state index in [2.05, 4.69) is 52.2 Å². The van der Waals surface area contributed by atoms with Gasteiger partial charge in [0.2, 0.25) is 0 Å². The number of imidazole rings is 1. The normalized spacial score (nSPS) is 15.8. The molecule has 0 atom stereocenters. The van der Waals surface area contributed by atoms with E-state index in [-0.39, 0.29) is 6.03 Å². The number of aromatic nitrogens is 2. The first-order chi connectivity index (χ1) is 11.5. The zero-order valence-electron chi connectivity index (χ0n) is 14.9. The summed E-state index contributed by atoms with van der Waals surface area (Å²) < 4.78 is 2.24. The quantitative estimate of drug-likeness (QED) is 0.889. The Morgan fingerprint density at radius 2 is 2.04 bits per heavy atom. The number of urea groups is 1. The minimum Gasteiger partial charge on any atom is -0.335 e. The molecule has 0 unspecified atom stereocenters. The van der Waals surface area contributed by atoms with Gasteiger partial charge in [-0.3, -0.25) is 0 Å². The van der Waals surface area contributed by atoms with Gasteiger partial charge in [0.25, 0.3) is 0 Å². The molecule has 0 saturated heterocycles. The summed E-state index contributed by atoms with van der Waals surface area (Å²) in [4.78, 5) is 16.7. The number of carbonyl (C=O) groups is 1. The molecule has 2 amide bonds. The van der Waals surface area contributed by atoms with Gasteiger partial charge in [-0.25, -0.2) is 9.78 Å². The van der Waals surface area contributed by atoms with Gasteiger partial charge in [0.15, 0.2) is 0 Å². The molecule has 24 heavy (non-hydrogen) atoms. The van der Waals surface area contributed by atoms with Gasteiger partial charge >= 0.3 is 6.03 Å². The summed E-state index contributed by atoms with van der Waals surface area (Å²) in [5, 5.41) is 6.06. The van der Waals surface area contributed by atoms with Gasteiger partial charge in [0.1, 0.15) is 5.82 Å². The van der Waals surface area contributed by atoms with Crippen LogP contribution in [0.3, 0.4) is 0 Å². The number of hydrogen-bond donors (Lipinski definition) is 2. The van der Waals surface area contributed by atoms with E-state index in [0.29, 0.717) is 18.6 Å². The van der Waals surface area contributed by atoms with Crippen LogP contribution in [0, 0.1) is 6.92 Å². The van der Waals surface area contributed by atoms with E-state index in [0.717, 1.165) is 35.3 Å². The van der Waals surface area contributed by atoms with Crippen molar-refractivity contribution < 1.29 is 4.79 Å². The Balaban J connectivity index is 1.62. The Kier molecular flexibility index (Phi) is 5.07. The highest BCUT2D eigenvalue weighted by atomic mass is 16.2. The van der Waals surface area contributed by atoms with Crippen LogP contribution in [0.2, 0.25) is 0 Å². The van der Waals surface area contributed by atoms with Crippen molar-refractivity contribution in [3.63, 3.8) is 0 Å². The maximum absolute atomic E-state index is 12.1. The van der Waals surface area contributed by atoms with Gasteiger partial charge in [-0.2, -0.15) is 0 Å². The van der Waals surface area contributed by atoms with Crippen LogP contribution in [0.4, 0.5) is 4.79 Å². The second-order valence-corrected chi connectivity index (χ2v) is 7.11. The van der Waals surface area contributed by atoms with E-state index in [4.69, 9.17) is 0 Å². The standard InChI is InChI=1S/C19H28N4O/c1-13(2)23-14(3)21-17-11-15(9-10-18(17)23)12-20-19(24)22-16-7-5-4-6-8-16/h9-11,13,16H,4-8,12H2,1-3H3,(H2,20,22,24). The fourth-order valence-corrected chi connectivity index (χ4v) is 3.69. The van der Waals surface area contributed by atoms with Crippen molar-refractivity contribution in [1.82, 2.24) is 20.2 Å². The number of rotatable bonds is 4. The van der Waals surface area contributed by atoms with E-state index >= 15 is 0 Å². The van der Waals surface area contributed by atoms with Crippen molar-refractivity contribution in [2.24, 2.45) is 0 Å². The highest BCUT2D eigenvalue weighted by Gasteiger charge is 2.15. The first kappa shape index (κ1) is 16.8. The fraction of sp³-hybridized carbons (Fsp3) is 0.579. The lowest BCUT2D eigenvalue weighted by atomic mass is 9.96. The highest BCUT2D eigenvalue weighted by molar-refractivity contribution is 5.78. The molecule has 0 aliphatic heterocycles. The van der Waals surface area contributed by atoms with Gasteiger partial charge in [-0.1, -0.05) is 25.3 Å². The number of carbonyl (C=O) groups excluding carboxylic acids is 1. The molecule has 1 fully saturated rings. The largest absolute Gasteiger partial charge is 0.335 e. The third-order valence-corrected chi connectivity index (χ3v) is 4.84. The average molecular weight is 328 g/mol. The van der Waals surface area contributed by atoms with Crippen LogP contribution in [-0.4, -0.2) is 21.6 Å². The molecule has 0 radical (unpaired) electrons. The Morgan fingerprint density at radius 1 is 1.29 bits per heavy atom. The van der Waals surface area contributed by atoms with Crippen LogP contribution in [-0.2, 0) is 6.54 Å². The lowest BCUT2D eigenvalue weighted by Gasteiger charge is -2.22. The van der Waals surface area contributed by atoms with Crippen LogP contribution in [0.5, 0.6) is 0 Å². The minimum atomic E-state index is -0.0640. The fourth-order valence-electron chi connectivity index (χ4n) is 3.69. The monoisotopic (exact) mass is 328 g/mol. The van der Waals surface area contributed by atoms with Gasteiger partial charge < -0.3 is 15.2 Å². The van der Waals surface area contributed by atoms with Crippen molar-refractivity contribution in [3.8, 4) is 0 Å². The molecular weight excluding hydrogens is 300 g/mol. The molecule has 5 heteroatoms. The van der Waals surface area contributed by atoms with Gasteiger partial charge in [0.05, 0.1) is 11.0 Å². The van der Waals surface area contributed by atoms with E-state index in [1.165, 1.54) is 19.3 Å². The minimum absolute atomic E-state index is 0.0640. The molecule has 1 heterocycles. The Hall–Kier alpha value is -2.04. The first-order valence-electron chi connectivity index (χ1n) is 9.06. The zero-order chi connectivity index (χ0) is 17.1. The lowest BCUT2D eigenvalue weighted by Crippen LogP contribution is -2.42. The topological polar surface area (TPSA) is 59.0 Å². The molecule has 1 saturated carbocycles. The van der Waals surface area contributed by atoms with Gasteiger partial charge in [0, 0.05) is 18.6 Å². The second kappa shape index (κ2) is 7.24. The molecule has 2 N–H and O–H groups in total. The molecule has 130 valence electrons. The Morgan fingerprint density at radius 3 is 2.75 bits per heavy atom. The van der Waals surface area contributed by atoms with Crippen molar-refractivity contribution in [2.75, 3.05) is 0 Å². The summed E-state index contributed by atoms with van der Waals surface area (Å²) >= 11 is 0. The maximum atomic E-state index is 12.1. The molecule has 5 nitrogen and oxygen atoms in total. The number of benzene rings is 1. The molecule has 1 aliphatic carbocycles. The predicted molar refractivity (Wildman–Crippen MR) is 97.1 cm³/mol. The summed E-state index contributed by atoms with van der Waals surface area (Å²) in [6.45, 7) is 6.90. The first-order valence-corrected chi connectivity index (χ1v) is 9.06. The van der Waals surface area contributed by atoms with Crippen molar-refractivity contribution in [2.45, 2.75) is 71.5 Å².